The molecular weight excluding hydrogens is 357 g/mol. The van der Waals surface area contributed by atoms with Crippen LogP contribution in [0.15, 0.2) is 51.9 Å². The Kier molecular flexibility index (Phi) is 4.88. The quantitative estimate of drug-likeness (QED) is 0.684. The zero-order chi connectivity index (χ0) is 18.9. The van der Waals surface area contributed by atoms with Gasteiger partial charge in [-0.05, 0) is 37.6 Å². The summed E-state index contributed by atoms with van der Waals surface area (Å²) in [5, 5.41) is 3.89. The Labute approximate surface area is 151 Å². The molecule has 0 N–H and O–H groups in total. The second-order valence-electron chi connectivity index (χ2n) is 6.05. The van der Waals surface area contributed by atoms with E-state index in [0.29, 0.717) is 5.82 Å². The molecule has 0 fully saturated rings. The number of benzene rings is 2. The standard InChI is InChI=1S/C18H18FN3O3S/c1-12-4-6-14(7-5-12)18-20-17(25-21-18)11-22(3)26(23,24)15-8-9-16(19)13(2)10-15/h4-10H,11H2,1-3H3. The molecule has 0 spiro atoms. The second kappa shape index (κ2) is 6.97. The number of sulfonamides is 1. The predicted octanol–water partition coefficient (Wildman–Crippen LogP) is 3.31. The van der Waals surface area contributed by atoms with Crippen LogP contribution in [0.4, 0.5) is 4.39 Å². The molecule has 0 bridgehead atoms. The number of hydrogen-bond acceptors (Lipinski definition) is 5. The summed E-state index contributed by atoms with van der Waals surface area (Å²) in [6.07, 6.45) is 0. The molecule has 2 aromatic carbocycles. The minimum absolute atomic E-state index is 0.0113. The number of aryl methyl sites for hydroxylation is 2. The summed E-state index contributed by atoms with van der Waals surface area (Å²) in [6.45, 7) is 3.40. The fourth-order valence-corrected chi connectivity index (χ4v) is 3.58. The normalized spacial score (nSPS) is 11.9. The Bertz CT molecular complexity index is 1030. The van der Waals surface area contributed by atoms with E-state index in [1.807, 2.05) is 31.2 Å². The molecule has 3 rings (SSSR count). The summed E-state index contributed by atoms with van der Waals surface area (Å²) in [6, 6.07) is 11.3. The molecule has 1 heterocycles. The Morgan fingerprint density at radius 3 is 2.46 bits per heavy atom. The zero-order valence-corrected chi connectivity index (χ0v) is 15.4. The van der Waals surface area contributed by atoms with Gasteiger partial charge in [-0.1, -0.05) is 35.0 Å². The van der Waals surface area contributed by atoms with Crippen molar-refractivity contribution < 1.29 is 17.3 Å². The number of halogens is 1. The molecule has 6 nitrogen and oxygen atoms in total. The molecule has 0 aliphatic carbocycles. The maximum Gasteiger partial charge on any atom is 0.243 e. The molecule has 0 saturated carbocycles. The highest BCUT2D eigenvalue weighted by atomic mass is 32.2. The monoisotopic (exact) mass is 375 g/mol. The van der Waals surface area contributed by atoms with Crippen molar-refractivity contribution in [3.05, 3.63) is 65.3 Å². The van der Waals surface area contributed by atoms with Crippen molar-refractivity contribution in [2.75, 3.05) is 7.05 Å². The van der Waals surface area contributed by atoms with Gasteiger partial charge in [0.05, 0.1) is 11.4 Å². The Balaban J connectivity index is 1.80. The van der Waals surface area contributed by atoms with Gasteiger partial charge in [0.15, 0.2) is 0 Å². The van der Waals surface area contributed by atoms with Crippen LogP contribution in [-0.2, 0) is 16.6 Å². The molecule has 0 radical (unpaired) electrons. The van der Waals surface area contributed by atoms with E-state index in [9.17, 15) is 12.8 Å². The van der Waals surface area contributed by atoms with Crippen LogP contribution < -0.4 is 0 Å². The second-order valence-corrected chi connectivity index (χ2v) is 8.09. The van der Waals surface area contributed by atoms with Crippen LogP contribution in [0.3, 0.4) is 0 Å². The Hall–Kier alpha value is -2.58. The van der Waals surface area contributed by atoms with Gasteiger partial charge in [-0.2, -0.15) is 9.29 Å². The summed E-state index contributed by atoms with van der Waals surface area (Å²) in [4.78, 5) is 4.26. The van der Waals surface area contributed by atoms with E-state index in [-0.39, 0.29) is 22.9 Å². The number of rotatable bonds is 5. The summed E-state index contributed by atoms with van der Waals surface area (Å²) in [5.41, 5.74) is 2.15. The van der Waals surface area contributed by atoms with E-state index in [1.165, 1.54) is 26.1 Å². The first-order valence-corrected chi connectivity index (χ1v) is 9.33. The molecule has 136 valence electrons. The van der Waals surface area contributed by atoms with Gasteiger partial charge >= 0.3 is 0 Å². The van der Waals surface area contributed by atoms with Gasteiger partial charge in [-0.15, -0.1) is 0 Å². The van der Waals surface area contributed by atoms with Crippen molar-refractivity contribution >= 4 is 10.0 Å². The first-order chi connectivity index (χ1) is 12.3. The topological polar surface area (TPSA) is 76.3 Å². The fourth-order valence-electron chi connectivity index (χ4n) is 2.37. The lowest BCUT2D eigenvalue weighted by atomic mass is 10.1. The average Bonchev–Trinajstić information content (AvgIpc) is 3.06. The maximum absolute atomic E-state index is 13.4. The first-order valence-electron chi connectivity index (χ1n) is 7.89. The van der Waals surface area contributed by atoms with E-state index in [2.05, 4.69) is 10.1 Å². The van der Waals surface area contributed by atoms with E-state index >= 15 is 0 Å². The molecule has 0 unspecified atom stereocenters. The highest BCUT2D eigenvalue weighted by Crippen LogP contribution is 2.21. The van der Waals surface area contributed by atoms with Crippen LogP contribution in [0.25, 0.3) is 11.4 Å². The van der Waals surface area contributed by atoms with Crippen LogP contribution in [-0.4, -0.2) is 29.9 Å². The molecule has 3 aromatic rings. The molecule has 0 atom stereocenters. The van der Waals surface area contributed by atoms with Crippen molar-refractivity contribution in [2.45, 2.75) is 25.3 Å². The van der Waals surface area contributed by atoms with Gasteiger partial charge in [0, 0.05) is 12.6 Å². The number of hydrogen-bond donors (Lipinski definition) is 0. The van der Waals surface area contributed by atoms with Crippen molar-refractivity contribution in [3.63, 3.8) is 0 Å². The Morgan fingerprint density at radius 2 is 1.81 bits per heavy atom. The van der Waals surface area contributed by atoms with Gasteiger partial charge in [-0.3, -0.25) is 0 Å². The van der Waals surface area contributed by atoms with Gasteiger partial charge in [0.1, 0.15) is 5.82 Å². The third-order valence-electron chi connectivity index (χ3n) is 3.97. The third-order valence-corrected chi connectivity index (χ3v) is 5.77. The summed E-state index contributed by atoms with van der Waals surface area (Å²) in [7, 11) is -2.39. The smallest absolute Gasteiger partial charge is 0.243 e. The van der Waals surface area contributed by atoms with Crippen LogP contribution in [0.1, 0.15) is 17.0 Å². The van der Waals surface area contributed by atoms with E-state index < -0.39 is 15.8 Å². The molecule has 0 saturated heterocycles. The lowest BCUT2D eigenvalue weighted by Crippen LogP contribution is -2.26. The van der Waals surface area contributed by atoms with Crippen molar-refractivity contribution in [1.29, 1.82) is 0 Å². The summed E-state index contributed by atoms with van der Waals surface area (Å²) >= 11 is 0. The summed E-state index contributed by atoms with van der Waals surface area (Å²) in [5.74, 6) is 0.111. The lowest BCUT2D eigenvalue weighted by molar-refractivity contribution is 0.336. The van der Waals surface area contributed by atoms with Crippen molar-refractivity contribution in [2.24, 2.45) is 0 Å². The van der Waals surface area contributed by atoms with E-state index in [1.54, 1.807) is 0 Å². The predicted molar refractivity (Wildman–Crippen MR) is 94.3 cm³/mol. The maximum atomic E-state index is 13.4. The van der Waals surface area contributed by atoms with Crippen molar-refractivity contribution in [1.82, 2.24) is 14.4 Å². The molecule has 8 heteroatoms. The van der Waals surface area contributed by atoms with Crippen LogP contribution in [0.2, 0.25) is 0 Å². The lowest BCUT2D eigenvalue weighted by Gasteiger charge is -2.15. The van der Waals surface area contributed by atoms with Gasteiger partial charge in [-0.25, -0.2) is 12.8 Å². The highest BCUT2D eigenvalue weighted by molar-refractivity contribution is 7.89. The van der Waals surface area contributed by atoms with E-state index in [4.69, 9.17) is 4.52 Å². The van der Waals surface area contributed by atoms with Crippen LogP contribution >= 0.6 is 0 Å². The fraction of sp³-hybridized carbons (Fsp3) is 0.222. The third kappa shape index (κ3) is 3.66. The van der Waals surface area contributed by atoms with Gasteiger partial charge < -0.3 is 4.52 Å². The largest absolute Gasteiger partial charge is 0.338 e. The number of nitrogens with zero attached hydrogens (tertiary/aromatic N) is 3. The van der Waals surface area contributed by atoms with Crippen LogP contribution in [0.5, 0.6) is 0 Å². The zero-order valence-electron chi connectivity index (χ0n) is 14.6. The van der Waals surface area contributed by atoms with Gasteiger partial charge in [0.25, 0.3) is 0 Å². The van der Waals surface area contributed by atoms with Gasteiger partial charge in [0.2, 0.25) is 21.7 Å². The minimum atomic E-state index is -3.80. The molecule has 26 heavy (non-hydrogen) atoms. The molecule has 0 aliphatic rings. The van der Waals surface area contributed by atoms with E-state index in [0.717, 1.165) is 21.5 Å². The minimum Gasteiger partial charge on any atom is -0.338 e. The van der Waals surface area contributed by atoms with Crippen molar-refractivity contribution in [3.8, 4) is 11.4 Å². The first kappa shape index (κ1) is 18.2. The Morgan fingerprint density at radius 1 is 1.12 bits per heavy atom. The molecule has 1 aromatic heterocycles. The number of aromatic nitrogens is 2. The molecule has 0 amide bonds. The summed E-state index contributed by atoms with van der Waals surface area (Å²) < 4.78 is 44.9. The highest BCUT2D eigenvalue weighted by Gasteiger charge is 2.24. The molecular formula is C18H18FN3O3S. The average molecular weight is 375 g/mol. The van der Waals surface area contributed by atoms with Crippen LogP contribution in [0, 0.1) is 19.7 Å². The molecule has 0 aliphatic heterocycles. The SMILES string of the molecule is Cc1ccc(-c2noc(CN(C)S(=O)(=O)c3ccc(F)c(C)c3)n2)cc1.